The molecule has 1 saturated carbocycles. The van der Waals surface area contributed by atoms with E-state index in [0.29, 0.717) is 17.9 Å². The van der Waals surface area contributed by atoms with Crippen LogP contribution in [0.1, 0.15) is 12.8 Å². The van der Waals surface area contributed by atoms with Crippen molar-refractivity contribution in [1.29, 1.82) is 0 Å². The molecule has 2 heterocycles. The quantitative estimate of drug-likeness (QED) is 0.776. The first-order valence-corrected chi connectivity index (χ1v) is 6.34. The second-order valence-electron chi connectivity index (χ2n) is 4.72. The van der Waals surface area contributed by atoms with Gasteiger partial charge in [-0.1, -0.05) is 29.4 Å². The van der Waals surface area contributed by atoms with Gasteiger partial charge in [-0.3, -0.25) is 4.98 Å². The molecule has 3 aromatic rings. The first-order chi connectivity index (χ1) is 9.40. The molecule has 1 fully saturated rings. The zero-order valence-electron chi connectivity index (χ0n) is 10.2. The van der Waals surface area contributed by atoms with Crippen molar-refractivity contribution in [3.63, 3.8) is 0 Å². The summed E-state index contributed by atoms with van der Waals surface area (Å²) >= 11 is 0. The molecule has 0 atom stereocenters. The van der Waals surface area contributed by atoms with Gasteiger partial charge in [0.2, 0.25) is 5.82 Å². The normalized spacial score (nSPS) is 14.7. The van der Waals surface area contributed by atoms with Gasteiger partial charge in [-0.05, 0) is 24.3 Å². The summed E-state index contributed by atoms with van der Waals surface area (Å²) in [5.41, 5.74) is 0.755. The molecule has 0 saturated heterocycles. The molecule has 1 aromatic carbocycles. The Hall–Kier alpha value is -2.43. The first-order valence-electron chi connectivity index (χ1n) is 6.34. The van der Waals surface area contributed by atoms with Crippen LogP contribution in [0.25, 0.3) is 22.3 Å². The molecule has 19 heavy (non-hydrogen) atoms. The Labute approximate surface area is 109 Å². The number of anilines is 1. The molecule has 0 radical (unpaired) electrons. The van der Waals surface area contributed by atoms with Crippen molar-refractivity contribution in [3.8, 4) is 11.5 Å². The van der Waals surface area contributed by atoms with Gasteiger partial charge in [0, 0.05) is 17.6 Å². The van der Waals surface area contributed by atoms with Crippen molar-refractivity contribution in [3.05, 3.63) is 36.5 Å². The molecule has 0 spiro atoms. The smallest absolute Gasteiger partial charge is 0.322 e. The maximum Gasteiger partial charge on any atom is 0.322 e. The number of rotatable bonds is 3. The highest BCUT2D eigenvalue weighted by molar-refractivity contribution is 5.92. The fourth-order valence-corrected chi connectivity index (χ4v) is 2.08. The van der Waals surface area contributed by atoms with Crippen molar-refractivity contribution in [2.24, 2.45) is 0 Å². The number of nitrogens with one attached hydrogen (secondary N) is 1. The van der Waals surface area contributed by atoms with E-state index >= 15 is 0 Å². The molecule has 1 N–H and O–H groups in total. The number of nitrogens with zero attached hydrogens (tertiary/aromatic N) is 3. The minimum absolute atomic E-state index is 0.479. The van der Waals surface area contributed by atoms with Crippen molar-refractivity contribution in [1.82, 2.24) is 15.1 Å². The Morgan fingerprint density at radius 2 is 2.05 bits per heavy atom. The number of hydrogen-bond acceptors (Lipinski definition) is 5. The van der Waals surface area contributed by atoms with E-state index in [2.05, 4.69) is 20.4 Å². The largest absolute Gasteiger partial charge is 0.335 e. The van der Waals surface area contributed by atoms with Crippen LogP contribution in [0.2, 0.25) is 0 Å². The summed E-state index contributed by atoms with van der Waals surface area (Å²) in [4.78, 5) is 8.73. The van der Waals surface area contributed by atoms with E-state index in [1.54, 1.807) is 6.20 Å². The summed E-state index contributed by atoms with van der Waals surface area (Å²) in [5, 5.41) is 9.34. The van der Waals surface area contributed by atoms with Crippen molar-refractivity contribution in [2.75, 3.05) is 5.32 Å². The summed E-state index contributed by atoms with van der Waals surface area (Å²) in [6.45, 7) is 0. The van der Waals surface area contributed by atoms with Crippen LogP contribution < -0.4 is 5.32 Å². The van der Waals surface area contributed by atoms with Crippen LogP contribution in [0.5, 0.6) is 0 Å². The molecule has 2 aromatic heterocycles. The molecule has 0 bridgehead atoms. The van der Waals surface area contributed by atoms with Crippen LogP contribution in [0.15, 0.2) is 41.1 Å². The van der Waals surface area contributed by atoms with Crippen LogP contribution in [0.4, 0.5) is 6.01 Å². The molecule has 5 nitrogen and oxygen atoms in total. The SMILES string of the molecule is c1ccc2c(-c3noc(NC4CC4)n3)nccc2c1. The molecule has 0 aliphatic heterocycles. The summed E-state index contributed by atoms with van der Waals surface area (Å²) in [7, 11) is 0. The maximum atomic E-state index is 5.21. The topological polar surface area (TPSA) is 63.8 Å². The summed E-state index contributed by atoms with van der Waals surface area (Å²) in [5.74, 6) is 0.528. The average Bonchev–Trinajstić information content (AvgIpc) is 3.14. The van der Waals surface area contributed by atoms with Crippen LogP contribution in [-0.4, -0.2) is 21.2 Å². The average molecular weight is 252 g/mol. The molecule has 1 aliphatic carbocycles. The lowest BCUT2D eigenvalue weighted by atomic mass is 10.1. The van der Waals surface area contributed by atoms with E-state index in [-0.39, 0.29) is 0 Å². The van der Waals surface area contributed by atoms with Gasteiger partial charge in [0.25, 0.3) is 0 Å². The Kier molecular flexibility index (Phi) is 2.24. The standard InChI is InChI=1S/C14H12N4O/c1-2-4-11-9(3-1)7-8-15-12(11)13-17-14(19-18-13)16-10-5-6-10/h1-4,7-8,10H,5-6H2,(H,16,17,18). The molecule has 1 aliphatic rings. The summed E-state index contributed by atoms with van der Waals surface area (Å²) < 4.78 is 5.21. The molecule has 5 heteroatoms. The molecular formula is C14H12N4O. The van der Waals surface area contributed by atoms with Gasteiger partial charge in [-0.15, -0.1) is 0 Å². The van der Waals surface area contributed by atoms with Crippen LogP contribution in [0, 0.1) is 0 Å². The first kappa shape index (κ1) is 10.5. The summed E-state index contributed by atoms with van der Waals surface area (Å²) in [6, 6.07) is 11.0. The number of pyridine rings is 1. The third-order valence-electron chi connectivity index (χ3n) is 3.22. The van der Waals surface area contributed by atoms with Crippen LogP contribution in [0.3, 0.4) is 0 Å². The van der Waals surface area contributed by atoms with Gasteiger partial charge in [0.1, 0.15) is 5.69 Å². The zero-order valence-corrected chi connectivity index (χ0v) is 10.2. The highest BCUT2D eigenvalue weighted by Gasteiger charge is 2.23. The predicted molar refractivity (Wildman–Crippen MR) is 71.7 cm³/mol. The Bertz CT molecular complexity index is 728. The van der Waals surface area contributed by atoms with Crippen molar-refractivity contribution >= 4 is 16.8 Å². The van der Waals surface area contributed by atoms with E-state index in [4.69, 9.17) is 4.52 Å². The number of aromatic nitrogens is 3. The van der Waals surface area contributed by atoms with Gasteiger partial charge in [0.05, 0.1) is 0 Å². The lowest BCUT2D eigenvalue weighted by molar-refractivity contribution is 0.431. The second kappa shape index (κ2) is 4.05. The van der Waals surface area contributed by atoms with Gasteiger partial charge in [0.15, 0.2) is 0 Å². The van der Waals surface area contributed by atoms with Gasteiger partial charge < -0.3 is 9.84 Å². The Morgan fingerprint density at radius 3 is 2.95 bits per heavy atom. The number of benzene rings is 1. The number of hydrogen-bond donors (Lipinski definition) is 1. The fourth-order valence-electron chi connectivity index (χ4n) is 2.08. The maximum absolute atomic E-state index is 5.21. The molecule has 94 valence electrons. The van der Waals surface area contributed by atoms with Crippen molar-refractivity contribution < 1.29 is 4.52 Å². The zero-order chi connectivity index (χ0) is 12.7. The Balaban J connectivity index is 1.78. The molecule has 0 amide bonds. The third kappa shape index (κ3) is 1.93. The highest BCUT2D eigenvalue weighted by Crippen LogP contribution is 2.27. The van der Waals surface area contributed by atoms with E-state index in [0.717, 1.165) is 16.5 Å². The molecular weight excluding hydrogens is 240 g/mol. The monoisotopic (exact) mass is 252 g/mol. The number of fused-ring (bicyclic) bond motifs is 1. The highest BCUT2D eigenvalue weighted by atomic mass is 16.5. The van der Waals surface area contributed by atoms with E-state index in [1.807, 2.05) is 30.3 Å². The predicted octanol–water partition coefficient (Wildman–Crippen LogP) is 2.86. The van der Waals surface area contributed by atoms with E-state index in [1.165, 1.54) is 12.8 Å². The van der Waals surface area contributed by atoms with Gasteiger partial charge >= 0.3 is 6.01 Å². The van der Waals surface area contributed by atoms with Crippen LogP contribution >= 0.6 is 0 Å². The minimum atomic E-state index is 0.479. The fraction of sp³-hybridized carbons (Fsp3) is 0.214. The minimum Gasteiger partial charge on any atom is -0.335 e. The lowest BCUT2D eigenvalue weighted by Gasteiger charge is -2.00. The van der Waals surface area contributed by atoms with E-state index in [9.17, 15) is 0 Å². The van der Waals surface area contributed by atoms with Gasteiger partial charge in [-0.2, -0.15) is 4.98 Å². The third-order valence-corrected chi connectivity index (χ3v) is 3.22. The van der Waals surface area contributed by atoms with Crippen LogP contribution in [-0.2, 0) is 0 Å². The van der Waals surface area contributed by atoms with Gasteiger partial charge in [-0.25, -0.2) is 0 Å². The second-order valence-corrected chi connectivity index (χ2v) is 4.72. The Morgan fingerprint density at radius 1 is 1.16 bits per heavy atom. The molecule has 4 rings (SSSR count). The summed E-state index contributed by atoms with van der Waals surface area (Å²) in [6.07, 6.45) is 4.11. The molecule has 0 unspecified atom stereocenters. The van der Waals surface area contributed by atoms with E-state index < -0.39 is 0 Å². The van der Waals surface area contributed by atoms with Crippen molar-refractivity contribution in [2.45, 2.75) is 18.9 Å². The lowest BCUT2D eigenvalue weighted by Crippen LogP contribution is -2.00.